The molecule has 0 bridgehead atoms. The highest BCUT2D eigenvalue weighted by Crippen LogP contribution is 2.23. The second-order valence-corrected chi connectivity index (χ2v) is 5.47. The molecular formula is C16H23NO3. The van der Waals surface area contributed by atoms with Crippen LogP contribution in [-0.4, -0.2) is 42.2 Å². The number of amides is 1. The molecule has 1 aliphatic rings. The van der Waals surface area contributed by atoms with Crippen LogP contribution in [-0.2, 0) is 11.3 Å². The molecule has 0 radical (unpaired) electrons. The van der Waals surface area contributed by atoms with Gasteiger partial charge in [-0.3, -0.25) is 4.79 Å². The number of carbonyl (C=O) groups excluding carboxylic acids is 1. The average Bonchev–Trinajstić information content (AvgIpc) is 2.47. The van der Waals surface area contributed by atoms with E-state index in [4.69, 9.17) is 4.74 Å². The first-order valence-electron chi connectivity index (χ1n) is 7.16. The maximum Gasteiger partial charge on any atom is 0.253 e. The number of ether oxygens (including phenoxy) is 1. The number of benzene rings is 1. The molecule has 1 aromatic carbocycles. The summed E-state index contributed by atoms with van der Waals surface area (Å²) in [5, 5.41) is 10.0. The number of rotatable bonds is 4. The highest BCUT2D eigenvalue weighted by molar-refractivity contribution is 5.94. The molecule has 0 saturated heterocycles. The van der Waals surface area contributed by atoms with Crippen molar-refractivity contribution < 1.29 is 14.6 Å². The molecule has 110 valence electrons. The van der Waals surface area contributed by atoms with E-state index in [1.807, 2.05) is 24.3 Å². The van der Waals surface area contributed by atoms with E-state index >= 15 is 0 Å². The Hall–Kier alpha value is -1.39. The predicted octanol–water partition coefficient (Wildman–Crippen LogP) is 2.21. The zero-order chi connectivity index (χ0) is 14.5. The van der Waals surface area contributed by atoms with Gasteiger partial charge in [0.25, 0.3) is 5.91 Å². The molecule has 1 fully saturated rings. The summed E-state index contributed by atoms with van der Waals surface area (Å²) in [5.74, 6) is -0.0279. The summed E-state index contributed by atoms with van der Waals surface area (Å²) in [7, 11) is 3.43. The summed E-state index contributed by atoms with van der Waals surface area (Å²) in [4.78, 5) is 14.1. The van der Waals surface area contributed by atoms with Gasteiger partial charge in [-0.15, -0.1) is 0 Å². The van der Waals surface area contributed by atoms with Crippen LogP contribution in [0, 0.1) is 0 Å². The number of methoxy groups -OCH3 is 1. The fourth-order valence-electron chi connectivity index (χ4n) is 2.81. The molecule has 1 N–H and O–H groups in total. The molecule has 4 heteroatoms. The van der Waals surface area contributed by atoms with E-state index < -0.39 is 6.10 Å². The number of carbonyl (C=O) groups is 1. The van der Waals surface area contributed by atoms with Crippen LogP contribution in [0.3, 0.4) is 0 Å². The van der Waals surface area contributed by atoms with Crippen LogP contribution < -0.4 is 0 Å². The molecule has 4 nitrogen and oxygen atoms in total. The molecule has 0 heterocycles. The lowest BCUT2D eigenvalue weighted by Gasteiger charge is -2.35. The maximum atomic E-state index is 12.4. The first-order chi connectivity index (χ1) is 9.63. The van der Waals surface area contributed by atoms with Gasteiger partial charge in [0, 0.05) is 19.7 Å². The highest BCUT2D eigenvalue weighted by atomic mass is 16.5. The van der Waals surface area contributed by atoms with Gasteiger partial charge in [-0.05, 0) is 30.5 Å². The molecule has 0 spiro atoms. The fourth-order valence-corrected chi connectivity index (χ4v) is 2.81. The van der Waals surface area contributed by atoms with Gasteiger partial charge in [-0.25, -0.2) is 0 Å². The lowest BCUT2D eigenvalue weighted by molar-refractivity contribution is 0.0268. The minimum absolute atomic E-state index is 0.0279. The Labute approximate surface area is 120 Å². The number of hydrogen-bond acceptors (Lipinski definition) is 3. The molecule has 20 heavy (non-hydrogen) atoms. The van der Waals surface area contributed by atoms with Gasteiger partial charge in [0.2, 0.25) is 0 Å². The molecule has 0 aromatic heterocycles. The Kier molecular flexibility index (Phi) is 5.15. The second-order valence-electron chi connectivity index (χ2n) is 5.47. The fraction of sp³-hybridized carbons (Fsp3) is 0.562. The first kappa shape index (κ1) is 15.0. The Morgan fingerprint density at radius 3 is 2.55 bits per heavy atom. The molecule has 2 unspecified atom stereocenters. The molecule has 1 saturated carbocycles. The van der Waals surface area contributed by atoms with Crippen molar-refractivity contribution in [3.63, 3.8) is 0 Å². The summed E-state index contributed by atoms with van der Waals surface area (Å²) in [6.07, 6.45) is 3.39. The molecule has 1 amide bonds. The Morgan fingerprint density at radius 2 is 1.95 bits per heavy atom. The maximum absolute atomic E-state index is 12.4. The smallest absolute Gasteiger partial charge is 0.253 e. The summed E-state index contributed by atoms with van der Waals surface area (Å²) in [5.41, 5.74) is 1.70. The summed E-state index contributed by atoms with van der Waals surface area (Å²) in [6.45, 7) is 0.547. The lowest BCUT2D eigenvalue weighted by atomic mass is 9.91. The first-order valence-corrected chi connectivity index (χ1v) is 7.16. The quantitative estimate of drug-likeness (QED) is 0.918. The number of aliphatic hydroxyl groups is 1. The van der Waals surface area contributed by atoms with E-state index in [1.165, 1.54) is 0 Å². The number of aliphatic hydroxyl groups excluding tert-OH is 1. The van der Waals surface area contributed by atoms with Gasteiger partial charge in [-0.2, -0.15) is 0 Å². The monoisotopic (exact) mass is 277 g/mol. The van der Waals surface area contributed by atoms with Crippen molar-refractivity contribution in [3.8, 4) is 0 Å². The van der Waals surface area contributed by atoms with Crippen LogP contribution in [0.4, 0.5) is 0 Å². The molecule has 1 aromatic rings. The minimum Gasteiger partial charge on any atom is -0.391 e. The van der Waals surface area contributed by atoms with E-state index in [9.17, 15) is 9.90 Å². The van der Waals surface area contributed by atoms with Crippen molar-refractivity contribution in [2.45, 2.75) is 44.4 Å². The number of likely N-dealkylation sites (N-methyl/N-ethyl adjacent to an activating group) is 1. The van der Waals surface area contributed by atoms with E-state index in [1.54, 1.807) is 19.1 Å². The Morgan fingerprint density at radius 1 is 1.30 bits per heavy atom. The van der Waals surface area contributed by atoms with E-state index in [2.05, 4.69) is 0 Å². The predicted molar refractivity (Wildman–Crippen MR) is 77.5 cm³/mol. The van der Waals surface area contributed by atoms with Gasteiger partial charge in [0.05, 0.1) is 18.8 Å². The van der Waals surface area contributed by atoms with Crippen LogP contribution >= 0.6 is 0 Å². The third-order valence-corrected chi connectivity index (χ3v) is 4.02. The van der Waals surface area contributed by atoms with Gasteiger partial charge >= 0.3 is 0 Å². The standard InChI is InChI=1S/C16H23NO3/c1-17(14-5-3-4-6-15(14)18)16(19)13-9-7-12(8-10-13)11-20-2/h7-10,14-15,18H,3-6,11H2,1-2H3. The molecular weight excluding hydrogens is 254 g/mol. The van der Waals surface area contributed by atoms with Crippen LogP contribution in [0.25, 0.3) is 0 Å². The van der Waals surface area contributed by atoms with E-state index in [0.29, 0.717) is 12.2 Å². The van der Waals surface area contributed by atoms with Gasteiger partial charge < -0.3 is 14.7 Å². The zero-order valence-electron chi connectivity index (χ0n) is 12.2. The van der Waals surface area contributed by atoms with Crippen LogP contribution in [0.2, 0.25) is 0 Å². The van der Waals surface area contributed by atoms with Crippen molar-refractivity contribution in [3.05, 3.63) is 35.4 Å². The largest absolute Gasteiger partial charge is 0.391 e. The van der Waals surface area contributed by atoms with Crippen LogP contribution in [0.1, 0.15) is 41.6 Å². The van der Waals surface area contributed by atoms with E-state index in [-0.39, 0.29) is 11.9 Å². The van der Waals surface area contributed by atoms with Crippen molar-refractivity contribution in [1.82, 2.24) is 4.90 Å². The normalized spacial score (nSPS) is 22.6. The van der Waals surface area contributed by atoms with E-state index in [0.717, 1.165) is 31.2 Å². The minimum atomic E-state index is -0.398. The lowest BCUT2D eigenvalue weighted by Crippen LogP contribution is -2.46. The summed E-state index contributed by atoms with van der Waals surface area (Å²) >= 11 is 0. The van der Waals surface area contributed by atoms with Gasteiger partial charge in [0.15, 0.2) is 0 Å². The number of hydrogen-bond donors (Lipinski definition) is 1. The molecule has 0 aliphatic heterocycles. The number of nitrogens with zero attached hydrogens (tertiary/aromatic N) is 1. The van der Waals surface area contributed by atoms with Crippen LogP contribution in [0.15, 0.2) is 24.3 Å². The van der Waals surface area contributed by atoms with Crippen molar-refractivity contribution in [1.29, 1.82) is 0 Å². The van der Waals surface area contributed by atoms with Gasteiger partial charge in [-0.1, -0.05) is 25.0 Å². The van der Waals surface area contributed by atoms with Crippen molar-refractivity contribution in [2.75, 3.05) is 14.2 Å². The van der Waals surface area contributed by atoms with Crippen LogP contribution in [0.5, 0.6) is 0 Å². The Bertz CT molecular complexity index is 444. The zero-order valence-corrected chi connectivity index (χ0v) is 12.2. The Balaban J connectivity index is 2.05. The molecule has 2 atom stereocenters. The van der Waals surface area contributed by atoms with Gasteiger partial charge in [0.1, 0.15) is 0 Å². The summed E-state index contributed by atoms with van der Waals surface area (Å²) < 4.78 is 5.06. The molecule has 2 rings (SSSR count). The SMILES string of the molecule is COCc1ccc(C(=O)N(C)C2CCCCC2O)cc1. The van der Waals surface area contributed by atoms with Crippen molar-refractivity contribution >= 4 is 5.91 Å². The van der Waals surface area contributed by atoms with Crippen molar-refractivity contribution in [2.24, 2.45) is 0 Å². The third-order valence-electron chi connectivity index (χ3n) is 4.02. The second kappa shape index (κ2) is 6.86. The highest BCUT2D eigenvalue weighted by Gasteiger charge is 2.29. The molecule has 1 aliphatic carbocycles. The average molecular weight is 277 g/mol. The summed E-state index contributed by atoms with van der Waals surface area (Å²) in [6, 6.07) is 7.39. The topological polar surface area (TPSA) is 49.8 Å². The third kappa shape index (κ3) is 3.38.